The van der Waals surface area contributed by atoms with Gasteiger partial charge in [0.1, 0.15) is 5.82 Å². The number of nitrogens with zero attached hydrogens (tertiary/aromatic N) is 1. The van der Waals surface area contributed by atoms with E-state index in [1.165, 1.54) is 0 Å². The van der Waals surface area contributed by atoms with Gasteiger partial charge in [0.2, 0.25) is 5.95 Å². The van der Waals surface area contributed by atoms with Crippen molar-refractivity contribution in [2.45, 2.75) is 13.0 Å². The van der Waals surface area contributed by atoms with Crippen LogP contribution in [0.1, 0.15) is 17.6 Å². The Morgan fingerprint density at radius 2 is 2.08 bits per heavy atom. The third kappa shape index (κ3) is 1.89. The Hall–Kier alpha value is -1.30. The molecule has 0 amide bonds. The summed E-state index contributed by atoms with van der Waals surface area (Å²) in [5, 5.41) is 0. The Morgan fingerprint density at radius 1 is 1.46 bits per heavy atom. The van der Waals surface area contributed by atoms with E-state index in [-0.39, 0.29) is 12.1 Å². The summed E-state index contributed by atoms with van der Waals surface area (Å²) in [5.41, 5.74) is 9.76. The van der Waals surface area contributed by atoms with Crippen molar-refractivity contribution in [3.8, 4) is 0 Å². The molecule has 13 heavy (non-hydrogen) atoms. The van der Waals surface area contributed by atoms with E-state index in [1.54, 1.807) is 0 Å². The number of aromatic nitrogens is 1. The largest absolute Gasteiger partial charge is 0.383 e. The SMILES string of the molecule is NCc1cc(F)nc(N)c1C(F)F. The molecule has 0 unspecified atom stereocenters. The molecule has 0 aliphatic rings. The van der Waals surface area contributed by atoms with Crippen molar-refractivity contribution >= 4 is 5.82 Å². The first-order valence-corrected chi connectivity index (χ1v) is 3.49. The predicted molar refractivity (Wildman–Crippen MR) is 41.5 cm³/mol. The zero-order valence-electron chi connectivity index (χ0n) is 6.60. The van der Waals surface area contributed by atoms with Gasteiger partial charge in [-0.3, -0.25) is 0 Å². The standard InChI is InChI=1S/C7H8F3N3/c8-4-1-3(2-11)5(6(9)10)7(12)13-4/h1,6H,2,11H2,(H2,12,13). The van der Waals surface area contributed by atoms with E-state index < -0.39 is 23.8 Å². The molecular weight excluding hydrogens is 183 g/mol. The molecule has 72 valence electrons. The second kappa shape index (κ2) is 3.61. The lowest BCUT2D eigenvalue weighted by Crippen LogP contribution is -2.08. The lowest BCUT2D eigenvalue weighted by molar-refractivity contribution is 0.150. The van der Waals surface area contributed by atoms with Gasteiger partial charge in [-0.25, -0.2) is 13.8 Å². The summed E-state index contributed by atoms with van der Waals surface area (Å²) in [6, 6.07) is 0.859. The van der Waals surface area contributed by atoms with E-state index in [4.69, 9.17) is 11.5 Å². The second-order valence-electron chi connectivity index (χ2n) is 2.41. The number of anilines is 1. The van der Waals surface area contributed by atoms with Crippen molar-refractivity contribution in [3.63, 3.8) is 0 Å². The van der Waals surface area contributed by atoms with Crippen molar-refractivity contribution in [1.82, 2.24) is 4.98 Å². The van der Waals surface area contributed by atoms with Crippen molar-refractivity contribution in [1.29, 1.82) is 0 Å². The molecule has 1 aromatic rings. The minimum atomic E-state index is -2.79. The lowest BCUT2D eigenvalue weighted by Gasteiger charge is -2.08. The van der Waals surface area contributed by atoms with Gasteiger partial charge in [-0.1, -0.05) is 0 Å². The summed E-state index contributed by atoms with van der Waals surface area (Å²) in [7, 11) is 0. The molecule has 0 spiro atoms. The van der Waals surface area contributed by atoms with Gasteiger partial charge < -0.3 is 11.5 Å². The smallest absolute Gasteiger partial charge is 0.267 e. The zero-order valence-corrected chi connectivity index (χ0v) is 6.60. The Balaban J connectivity index is 3.30. The normalized spacial score (nSPS) is 10.8. The Bertz CT molecular complexity index is 314. The van der Waals surface area contributed by atoms with Crippen molar-refractivity contribution < 1.29 is 13.2 Å². The zero-order chi connectivity index (χ0) is 10.0. The Morgan fingerprint density at radius 3 is 2.54 bits per heavy atom. The minimum absolute atomic E-state index is 0.0139. The number of rotatable bonds is 2. The van der Waals surface area contributed by atoms with Crippen LogP contribution in [0, 0.1) is 5.95 Å². The molecule has 1 rings (SSSR count). The van der Waals surface area contributed by atoms with E-state index >= 15 is 0 Å². The maximum absolute atomic E-state index is 12.6. The fourth-order valence-corrected chi connectivity index (χ4v) is 1.01. The highest BCUT2D eigenvalue weighted by Gasteiger charge is 2.18. The first-order chi connectivity index (χ1) is 6.06. The molecule has 0 bridgehead atoms. The molecule has 6 heteroatoms. The number of hydrogen-bond acceptors (Lipinski definition) is 3. The van der Waals surface area contributed by atoms with Crippen LogP contribution in [0.15, 0.2) is 6.07 Å². The fourth-order valence-electron chi connectivity index (χ4n) is 1.01. The summed E-state index contributed by atoms with van der Waals surface area (Å²) in [6.07, 6.45) is -2.79. The van der Waals surface area contributed by atoms with Crippen LogP contribution in [-0.4, -0.2) is 4.98 Å². The topological polar surface area (TPSA) is 64.9 Å². The third-order valence-corrected chi connectivity index (χ3v) is 1.58. The highest BCUT2D eigenvalue weighted by Crippen LogP contribution is 2.27. The summed E-state index contributed by atoms with van der Waals surface area (Å²) < 4.78 is 37.2. The van der Waals surface area contributed by atoms with Gasteiger partial charge in [-0.05, 0) is 11.6 Å². The highest BCUT2D eigenvalue weighted by molar-refractivity contribution is 5.45. The van der Waals surface area contributed by atoms with Crippen molar-refractivity contribution in [3.05, 3.63) is 23.1 Å². The maximum Gasteiger partial charge on any atom is 0.267 e. The molecule has 1 aromatic heterocycles. The van der Waals surface area contributed by atoms with Crippen LogP contribution in [-0.2, 0) is 6.54 Å². The number of pyridine rings is 1. The summed E-state index contributed by atoms with van der Waals surface area (Å²) >= 11 is 0. The quantitative estimate of drug-likeness (QED) is 0.690. The van der Waals surface area contributed by atoms with Crippen LogP contribution in [0.3, 0.4) is 0 Å². The van der Waals surface area contributed by atoms with Crippen LogP contribution in [0.2, 0.25) is 0 Å². The first-order valence-electron chi connectivity index (χ1n) is 3.49. The molecule has 1 heterocycles. The predicted octanol–water partition coefficient (Wildman–Crippen LogP) is 1.20. The van der Waals surface area contributed by atoms with E-state index in [9.17, 15) is 13.2 Å². The van der Waals surface area contributed by atoms with Gasteiger partial charge in [0.15, 0.2) is 0 Å². The average Bonchev–Trinajstić information content (AvgIpc) is 2.01. The Labute approximate surface area is 72.6 Å². The first kappa shape index (κ1) is 9.79. The number of nitrogen functional groups attached to an aromatic ring is 1. The number of hydrogen-bond donors (Lipinski definition) is 2. The molecule has 0 atom stereocenters. The summed E-state index contributed by atoms with van der Waals surface area (Å²) in [5.74, 6) is -1.40. The minimum Gasteiger partial charge on any atom is -0.383 e. The summed E-state index contributed by atoms with van der Waals surface area (Å²) in [6.45, 7) is -0.191. The fraction of sp³-hybridized carbons (Fsp3) is 0.286. The van der Waals surface area contributed by atoms with Gasteiger partial charge in [0.05, 0.1) is 5.56 Å². The molecule has 4 N–H and O–H groups in total. The van der Waals surface area contributed by atoms with Gasteiger partial charge in [-0.15, -0.1) is 0 Å². The van der Waals surface area contributed by atoms with Gasteiger partial charge >= 0.3 is 0 Å². The number of nitrogens with two attached hydrogens (primary N) is 2. The molecule has 0 saturated carbocycles. The molecule has 0 radical (unpaired) electrons. The maximum atomic E-state index is 12.6. The van der Waals surface area contributed by atoms with Crippen molar-refractivity contribution in [2.75, 3.05) is 5.73 Å². The van der Waals surface area contributed by atoms with Gasteiger partial charge in [0.25, 0.3) is 6.43 Å². The van der Waals surface area contributed by atoms with E-state index in [1.807, 2.05) is 0 Å². The molecule has 0 saturated heterocycles. The molecule has 0 aliphatic carbocycles. The van der Waals surface area contributed by atoms with E-state index in [0.29, 0.717) is 0 Å². The van der Waals surface area contributed by atoms with Crippen molar-refractivity contribution in [2.24, 2.45) is 5.73 Å². The van der Waals surface area contributed by atoms with Crippen LogP contribution in [0.25, 0.3) is 0 Å². The molecule has 0 aromatic carbocycles. The average molecular weight is 191 g/mol. The second-order valence-corrected chi connectivity index (χ2v) is 2.41. The van der Waals surface area contributed by atoms with Crippen LogP contribution >= 0.6 is 0 Å². The highest BCUT2D eigenvalue weighted by atomic mass is 19.3. The van der Waals surface area contributed by atoms with Crippen LogP contribution < -0.4 is 11.5 Å². The number of halogens is 3. The van der Waals surface area contributed by atoms with Crippen LogP contribution in [0.5, 0.6) is 0 Å². The monoisotopic (exact) mass is 191 g/mol. The molecule has 0 fully saturated rings. The molecule has 3 nitrogen and oxygen atoms in total. The van der Waals surface area contributed by atoms with Crippen LogP contribution in [0.4, 0.5) is 19.0 Å². The molecule has 0 aliphatic heterocycles. The van der Waals surface area contributed by atoms with Gasteiger partial charge in [-0.2, -0.15) is 4.39 Å². The van der Waals surface area contributed by atoms with E-state index in [2.05, 4.69) is 4.98 Å². The summed E-state index contributed by atoms with van der Waals surface area (Å²) in [4.78, 5) is 3.08. The Kier molecular flexibility index (Phi) is 2.72. The molecular formula is C7H8F3N3. The van der Waals surface area contributed by atoms with E-state index in [0.717, 1.165) is 6.07 Å². The third-order valence-electron chi connectivity index (χ3n) is 1.58. The lowest BCUT2D eigenvalue weighted by atomic mass is 10.1. The number of alkyl halides is 2. The van der Waals surface area contributed by atoms with Gasteiger partial charge in [0, 0.05) is 6.54 Å².